The predicted octanol–water partition coefficient (Wildman–Crippen LogP) is 1.13. The molecule has 0 spiro atoms. The molecule has 1 aliphatic rings. The monoisotopic (exact) mass is 280 g/mol. The summed E-state index contributed by atoms with van der Waals surface area (Å²) >= 11 is 1.71. The highest BCUT2D eigenvalue weighted by atomic mass is 32.2. The fraction of sp³-hybridized carbons (Fsp3) is 0.500. The number of hydrogen-bond donors (Lipinski definition) is 2. The maximum absolute atomic E-state index is 11.5. The van der Waals surface area contributed by atoms with Gasteiger partial charge in [0.2, 0.25) is 5.91 Å². The lowest BCUT2D eigenvalue weighted by Crippen LogP contribution is -2.43. The van der Waals surface area contributed by atoms with Crippen molar-refractivity contribution in [3.8, 4) is 5.75 Å². The summed E-state index contributed by atoms with van der Waals surface area (Å²) in [4.78, 5) is 11.5. The number of rotatable bonds is 8. The van der Waals surface area contributed by atoms with Crippen LogP contribution in [-0.2, 0) is 4.79 Å². The summed E-state index contributed by atoms with van der Waals surface area (Å²) in [6.07, 6.45) is 0. The van der Waals surface area contributed by atoms with E-state index in [1.165, 1.54) is 0 Å². The predicted molar refractivity (Wildman–Crippen MR) is 78.6 cm³/mol. The van der Waals surface area contributed by atoms with Crippen LogP contribution < -0.4 is 15.4 Å². The van der Waals surface area contributed by atoms with Crippen molar-refractivity contribution >= 4 is 17.7 Å². The lowest BCUT2D eigenvalue weighted by atomic mass is 10.1. The van der Waals surface area contributed by atoms with Crippen LogP contribution in [0, 0.1) is 5.92 Å². The zero-order chi connectivity index (χ0) is 13.3. The molecule has 1 heterocycles. The van der Waals surface area contributed by atoms with Gasteiger partial charge in [0.05, 0.1) is 12.3 Å². The topological polar surface area (TPSA) is 50.4 Å². The zero-order valence-corrected chi connectivity index (χ0v) is 11.7. The van der Waals surface area contributed by atoms with Crippen LogP contribution in [0.15, 0.2) is 30.3 Å². The van der Waals surface area contributed by atoms with E-state index in [2.05, 4.69) is 10.6 Å². The third-order valence-corrected chi connectivity index (χ3v) is 4.06. The molecule has 1 fully saturated rings. The molecule has 4 nitrogen and oxygen atoms in total. The van der Waals surface area contributed by atoms with Gasteiger partial charge in [-0.3, -0.25) is 4.79 Å². The van der Waals surface area contributed by atoms with Crippen LogP contribution in [0.1, 0.15) is 0 Å². The first kappa shape index (κ1) is 14.2. The first-order valence-electron chi connectivity index (χ1n) is 6.57. The normalized spacial score (nSPS) is 14.7. The van der Waals surface area contributed by atoms with Crippen LogP contribution in [0.25, 0.3) is 0 Å². The van der Waals surface area contributed by atoms with Crippen molar-refractivity contribution in [3.63, 3.8) is 0 Å². The molecule has 2 N–H and O–H groups in total. The molecule has 1 saturated heterocycles. The molecule has 1 aliphatic heterocycles. The summed E-state index contributed by atoms with van der Waals surface area (Å²) in [5, 5.41) is 6.09. The average molecular weight is 280 g/mol. The second-order valence-corrected chi connectivity index (χ2v) is 5.58. The Hall–Kier alpha value is -1.20. The van der Waals surface area contributed by atoms with Gasteiger partial charge in [-0.1, -0.05) is 18.2 Å². The molecular weight excluding hydrogens is 260 g/mol. The lowest BCUT2D eigenvalue weighted by Gasteiger charge is -2.26. The van der Waals surface area contributed by atoms with Gasteiger partial charge >= 0.3 is 0 Å². The minimum absolute atomic E-state index is 0.0916. The summed E-state index contributed by atoms with van der Waals surface area (Å²) in [6, 6.07) is 9.62. The van der Waals surface area contributed by atoms with Crippen LogP contribution in [0.3, 0.4) is 0 Å². The van der Waals surface area contributed by atoms with Crippen molar-refractivity contribution < 1.29 is 9.53 Å². The van der Waals surface area contributed by atoms with Crippen molar-refractivity contribution in [1.29, 1.82) is 0 Å². The Bertz CT molecular complexity index is 382. The molecule has 0 saturated carbocycles. The number of thioether (sulfide) groups is 1. The molecule has 104 valence electrons. The maximum atomic E-state index is 11.5. The van der Waals surface area contributed by atoms with Gasteiger partial charge in [-0.05, 0) is 36.9 Å². The molecule has 19 heavy (non-hydrogen) atoms. The molecule has 0 unspecified atom stereocenters. The van der Waals surface area contributed by atoms with Gasteiger partial charge in [0.15, 0.2) is 0 Å². The number of carbonyl (C=O) groups is 1. The van der Waals surface area contributed by atoms with E-state index in [0.717, 1.165) is 30.5 Å². The number of carbonyl (C=O) groups excluding carboxylic acids is 1. The first-order valence-corrected chi connectivity index (χ1v) is 7.73. The summed E-state index contributed by atoms with van der Waals surface area (Å²) in [7, 11) is 0. The van der Waals surface area contributed by atoms with Crippen molar-refractivity contribution in [1.82, 2.24) is 10.6 Å². The molecule has 2 rings (SSSR count). The van der Waals surface area contributed by atoms with Gasteiger partial charge in [0.25, 0.3) is 0 Å². The maximum Gasteiger partial charge on any atom is 0.230 e. The Balaban J connectivity index is 1.47. The van der Waals surface area contributed by atoms with E-state index in [9.17, 15) is 4.79 Å². The summed E-state index contributed by atoms with van der Waals surface area (Å²) in [5.74, 6) is 3.29. The zero-order valence-electron chi connectivity index (χ0n) is 10.9. The quantitative estimate of drug-likeness (QED) is 0.701. The largest absolute Gasteiger partial charge is 0.492 e. The third-order valence-electron chi connectivity index (χ3n) is 2.89. The van der Waals surface area contributed by atoms with Crippen LogP contribution in [0.5, 0.6) is 5.75 Å². The van der Waals surface area contributed by atoms with Crippen molar-refractivity contribution in [2.75, 3.05) is 37.7 Å². The van der Waals surface area contributed by atoms with Crippen molar-refractivity contribution in [2.24, 2.45) is 5.92 Å². The number of amides is 1. The van der Waals surface area contributed by atoms with Crippen LogP contribution in [0.4, 0.5) is 0 Å². The summed E-state index contributed by atoms with van der Waals surface area (Å²) in [5.41, 5.74) is 0. The Morgan fingerprint density at radius 3 is 2.84 bits per heavy atom. The van der Waals surface area contributed by atoms with Crippen molar-refractivity contribution in [2.45, 2.75) is 0 Å². The first-order chi connectivity index (χ1) is 9.34. The summed E-state index contributed by atoms with van der Waals surface area (Å²) in [6.45, 7) is 3.26. The SMILES string of the molecule is O=C(CSCC1CNC1)NCCOc1ccccc1. The average Bonchev–Trinajstić information content (AvgIpc) is 2.39. The minimum atomic E-state index is 0.0916. The van der Waals surface area contributed by atoms with E-state index >= 15 is 0 Å². The number of nitrogens with one attached hydrogen (secondary N) is 2. The Morgan fingerprint density at radius 1 is 1.37 bits per heavy atom. The molecule has 0 bridgehead atoms. The third kappa shape index (κ3) is 5.53. The highest BCUT2D eigenvalue weighted by Crippen LogP contribution is 2.11. The number of ether oxygens (including phenoxy) is 1. The minimum Gasteiger partial charge on any atom is -0.492 e. The van der Waals surface area contributed by atoms with Gasteiger partial charge in [0, 0.05) is 0 Å². The number of para-hydroxylation sites is 1. The molecule has 1 aromatic carbocycles. The van der Waals surface area contributed by atoms with E-state index in [-0.39, 0.29) is 5.91 Å². The molecule has 0 aromatic heterocycles. The lowest BCUT2D eigenvalue weighted by molar-refractivity contribution is -0.118. The van der Waals surface area contributed by atoms with Gasteiger partial charge in [0.1, 0.15) is 12.4 Å². The highest BCUT2D eigenvalue weighted by Gasteiger charge is 2.16. The van der Waals surface area contributed by atoms with E-state index in [4.69, 9.17) is 4.74 Å². The van der Waals surface area contributed by atoms with Gasteiger partial charge < -0.3 is 15.4 Å². The van der Waals surface area contributed by atoms with Crippen LogP contribution in [-0.4, -0.2) is 43.7 Å². The van der Waals surface area contributed by atoms with E-state index in [1.807, 2.05) is 30.3 Å². The molecule has 1 aromatic rings. The Kier molecular flexibility index (Phi) is 6.04. The standard InChI is InChI=1S/C14H20N2O2S/c17-14(11-19-10-12-8-15-9-12)16-6-7-18-13-4-2-1-3-5-13/h1-5,12,15H,6-11H2,(H,16,17). The van der Waals surface area contributed by atoms with E-state index < -0.39 is 0 Å². The van der Waals surface area contributed by atoms with Crippen molar-refractivity contribution in [3.05, 3.63) is 30.3 Å². The molecular formula is C14H20N2O2S. The highest BCUT2D eigenvalue weighted by molar-refractivity contribution is 7.99. The molecule has 0 radical (unpaired) electrons. The molecule has 1 amide bonds. The van der Waals surface area contributed by atoms with Crippen LogP contribution >= 0.6 is 11.8 Å². The molecule has 0 aliphatic carbocycles. The molecule has 5 heteroatoms. The fourth-order valence-corrected chi connectivity index (χ4v) is 2.69. The molecule has 0 atom stereocenters. The van der Waals surface area contributed by atoms with Crippen LogP contribution in [0.2, 0.25) is 0 Å². The second kappa shape index (κ2) is 8.07. The van der Waals surface area contributed by atoms with Gasteiger partial charge in [-0.2, -0.15) is 11.8 Å². The van der Waals surface area contributed by atoms with E-state index in [0.29, 0.717) is 18.9 Å². The summed E-state index contributed by atoms with van der Waals surface area (Å²) < 4.78 is 5.50. The second-order valence-electron chi connectivity index (χ2n) is 4.55. The fourth-order valence-electron chi connectivity index (χ4n) is 1.71. The smallest absolute Gasteiger partial charge is 0.230 e. The van der Waals surface area contributed by atoms with Gasteiger partial charge in [-0.25, -0.2) is 0 Å². The Labute approximate surface area is 118 Å². The van der Waals surface area contributed by atoms with E-state index in [1.54, 1.807) is 11.8 Å². The number of hydrogen-bond acceptors (Lipinski definition) is 4. The number of benzene rings is 1. The Morgan fingerprint density at radius 2 is 2.16 bits per heavy atom. The van der Waals surface area contributed by atoms with Gasteiger partial charge in [-0.15, -0.1) is 0 Å².